The number of nitrogens with zero attached hydrogens (tertiary/aromatic N) is 1. The molecule has 1 aliphatic carbocycles. The molecule has 0 unspecified atom stereocenters. The Hall–Kier alpha value is -2.61. The molecule has 1 aliphatic heterocycles. The smallest absolute Gasteiger partial charge is 0.264 e. The van der Waals surface area contributed by atoms with Crippen LogP contribution in [0.25, 0.3) is 0 Å². The predicted molar refractivity (Wildman–Crippen MR) is 121 cm³/mol. The molecular weight excluding hydrogens is 431 g/mol. The average molecular weight is 461 g/mol. The molecule has 1 fully saturated rings. The van der Waals surface area contributed by atoms with Crippen molar-refractivity contribution in [2.24, 2.45) is 0 Å². The largest absolute Gasteiger partial charge is 0.480 e. The summed E-state index contributed by atoms with van der Waals surface area (Å²) in [6.07, 6.45) is 5.36. The van der Waals surface area contributed by atoms with Crippen LogP contribution in [-0.4, -0.2) is 31.4 Å². The molecule has 6 nitrogen and oxygen atoms in total. The number of halogens is 1. The van der Waals surface area contributed by atoms with Crippen LogP contribution in [0.4, 0.5) is 10.1 Å². The third-order valence-corrected chi connectivity index (χ3v) is 7.70. The first kappa shape index (κ1) is 22.6. The first-order valence-corrected chi connectivity index (χ1v) is 12.7. The summed E-state index contributed by atoms with van der Waals surface area (Å²) in [4.78, 5) is 14.9. The van der Waals surface area contributed by atoms with Crippen LogP contribution in [0.5, 0.6) is 5.75 Å². The van der Waals surface area contributed by atoms with E-state index in [9.17, 15) is 17.6 Å². The lowest BCUT2D eigenvalue weighted by molar-refractivity contribution is -0.141. The maximum Gasteiger partial charge on any atom is 0.264 e. The molecule has 2 aromatic rings. The van der Waals surface area contributed by atoms with Gasteiger partial charge in [0.15, 0.2) is 6.10 Å². The van der Waals surface area contributed by atoms with Crippen LogP contribution < -0.4 is 9.46 Å². The zero-order valence-corrected chi connectivity index (χ0v) is 19.3. The van der Waals surface area contributed by atoms with E-state index < -0.39 is 21.9 Å². The fourth-order valence-corrected chi connectivity index (χ4v) is 5.51. The van der Waals surface area contributed by atoms with Gasteiger partial charge in [-0.25, -0.2) is 12.8 Å². The quantitative estimate of drug-likeness (QED) is 0.698. The Morgan fingerprint density at radius 3 is 2.56 bits per heavy atom. The Morgan fingerprint density at radius 2 is 1.88 bits per heavy atom. The molecule has 0 saturated heterocycles. The van der Waals surface area contributed by atoms with Crippen LogP contribution in [0.1, 0.15) is 56.6 Å². The van der Waals surface area contributed by atoms with Gasteiger partial charge in [-0.3, -0.25) is 9.52 Å². The Kier molecular flexibility index (Phi) is 6.42. The first-order valence-electron chi connectivity index (χ1n) is 11.2. The predicted octanol–water partition coefficient (Wildman–Crippen LogP) is 4.77. The Bertz CT molecular complexity index is 1110. The molecule has 32 heavy (non-hydrogen) atoms. The van der Waals surface area contributed by atoms with E-state index in [0.717, 1.165) is 37.3 Å². The van der Waals surface area contributed by atoms with E-state index in [-0.39, 0.29) is 16.8 Å². The minimum absolute atomic E-state index is 0.00661. The van der Waals surface area contributed by atoms with Crippen molar-refractivity contribution in [2.45, 2.75) is 76.0 Å². The lowest BCUT2D eigenvalue weighted by atomic mass is 9.93. The van der Waals surface area contributed by atoms with Gasteiger partial charge in [-0.1, -0.05) is 32.3 Å². The first-order chi connectivity index (χ1) is 15.3. The summed E-state index contributed by atoms with van der Waals surface area (Å²) in [6, 6.07) is 9.02. The zero-order chi connectivity index (χ0) is 22.9. The minimum Gasteiger partial charge on any atom is -0.480 e. The van der Waals surface area contributed by atoms with E-state index in [4.69, 9.17) is 4.74 Å². The number of hydrogen-bond acceptors (Lipinski definition) is 4. The SMILES string of the molecule is CC[C@@H]1Oc2ccc(NS(=O)(=O)c3ccc(C)c(F)c3)cc2CN(C2CCCCC2)C1=O. The van der Waals surface area contributed by atoms with Crippen LogP contribution in [0.3, 0.4) is 0 Å². The number of anilines is 1. The number of aryl methyl sites for hydroxylation is 1. The number of carbonyl (C=O) groups excluding carboxylic acids is 1. The number of benzene rings is 2. The highest BCUT2D eigenvalue weighted by molar-refractivity contribution is 7.92. The topological polar surface area (TPSA) is 75.7 Å². The maximum atomic E-state index is 13.9. The van der Waals surface area contributed by atoms with Crippen LogP contribution >= 0.6 is 0 Å². The Balaban J connectivity index is 1.63. The number of sulfonamides is 1. The maximum absolute atomic E-state index is 13.9. The molecule has 1 amide bonds. The van der Waals surface area contributed by atoms with Crippen LogP contribution in [0.2, 0.25) is 0 Å². The van der Waals surface area contributed by atoms with Gasteiger partial charge < -0.3 is 9.64 Å². The number of nitrogens with one attached hydrogen (secondary N) is 1. The average Bonchev–Trinajstić information content (AvgIpc) is 2.92. The summed E-state index contributed by atoms with van der Waals surface area (Å²) < 4.78 is 48.0. The van der Waals surface area contributed by atoms with Crippen LogP contribution in [0, 0.1) is 12.7 Å². The Morgan fingerprint density at radius 1 is 1.12 bits per heavy atom. The lowest BCUT2D eigenvalue weighted by Crippen LogP contribution is -2.45. The molecule has 8 heteroatoms. The Labute approximate surface area is 188 Å². The van der Waals surface area contributed by atoms with Gasteiger partial charge in [0.2, 0.25) is 0 Å². The van der Waals surface area contributed by atoms with Crippen molar-refractivity contribution in [3.05, 3.63) is 53.3 Å². The second-order valence-corrected chi connectivity index (χ2v) is 10.3. The van der Waals surface area contributed by atoms with Gasteiger partial charge in [0.1, 0.15) is 11.6 Å². The molecule has 1 N–H and O–H groups in total. The number of carbonyl (C=O) groups is 1. The third kappa shape index (κ3) is 4.60. The molecular formula is C24H29FN2O4S. The zero-order valence-electron chi connectivity index (χ0n) is 18.4. The van der Waals surface area contributed by atoms with Crippen molar-refractivity contribution in [1.29, 1.82) is 0 Å². The molecule has 0 radical (unpaired) electrons. The van der Waals surface area contributed by atoms with Crippen molar-refractivity contribution in [3.8, 4) is 5.75 Å². The van der Waals surface area contributed by atoms with Gasteiger partial charge >= 0.3 is 0 Å². The van der Waals surface area contributed by atoms with Gasteiger partial charge in [0, 0.05) is 23.8 Å². The third-order valence-electron chi connectivity index (χ3n) is 6.32. The van der Waals surface area contributed by atoms with Gasteiger partial charge in [0.25, 0.3) is 15.9 Å². The highest BCUT2D eigenvalue weighted by atomic mass is 32.2. The standard InChI is InChI=1S/C24H29FN2O4S/c1-3-22-24(28)27(19-7-5-4-6-8-19)15-17-13-18(10-12-23(17)31-22)26-32(29,30)20-11-9-16(2)21(25)14-20/h9-14,19,22,26H,3-8,15H2,1-2H3/t22-/m0/s1. The van der Waals surface area contributed by atoms with Crippen LogP contribution in [0.15, 0.2) is 41.3 Å². The van der Waals surface area contributed by atoms with E-state index in [1.54, 1.807) is 25.1 Å². The number of fused-ring (bicyclic) bond motifs is 1. The summed E-state index contributed by atoms with van der Waals surface area (Å²) in [5, 5.41) is 0. The number of amides is 1. The fraction of sp³-hybridized carbons (Fsp3) is 0.458. The summed E-state index contributed by atoms with van der Waals surface area (Å²) in [5.74, 6) is 0.0103. The highest BCUT2D eigenvalue weighted by Gasteiger charge is 2.34. The molecule has 1 heterocycles. The number of ether oxygens (including phenoxy) is 1. The molecule has 2 aliphatic rings. The molecule has 172 valence electrons. The second kappa shape index (κ2) is 9.10. The van der Waals surface area contributed by atoms with E-state index in [2.05, 4.69) is 4.72 Å². The minimum atomic E-state index is -3.96. The normalized spacial score (nSPS) is 19.8. The summed E-state index contributed by atoms with van der Waals surface area (Å²) >= 11 is 0. The molecule has 0 aromatic heterocycles. The molecule has 0 bridgehead atoms. The van der Waals surface area contributed by atoms with Crippen LogP contribution in [-0.2, 0) is 21.4 Å². The fourth-order valence-electron chi connectivity index (χ4n) is 4.45. The van der Waals surface area contributed by atoms with E-state index in [1.165, 1.54) is 18.6 Å². The monoisotopic (exact) mass is 460 g/mol. The summed E-state index contributed by atoms with van der Waals surface area (Å²) in [6.45, 7) is 3.88. The van der Waals surface area contributed by atoms with Gasteiger partial charge in [-0.15, -0.1) is 0 Å². The van der Waals surface area contributed by atoms with E-state index in [1.807, 2.05) is 11.8 Å². The van der Waals surface area contributed by atoms with Crippen molar-refractivity contribution in [3.63, 3.8) is 0 Å². The van der Waals surface area contributed by atoms with Crippen molar-refractivity contribution < 1.29 is 22.3 Å². The van der Waals surface area contributed by atoms with Gasteiger partial charge in [-0.05, 0) is 62.1 Å². The summed E-state index contributed by atoms with van der Waals surface area (Å²) in [7, 11) is -3.96. The lowest BCUT2D eigenvalue weighted by Gasteiger charge is -2.34. The van der Waals surface area contributed by atoms with Crippen molar-refractivity contribution in [1.82, 2.24) is 4.90 Å². The van der Waals surface area contributed by atoms with E-state index in [0.29, 0.717) is 30.0 Å². The highest BCUT2D eigenvalue weighted by Crippen LogP contribution is 2.33. The molecule has 0 spiro atoms. The molecule has 2 aromatic carbocycles. The molecule has 1 saturated carbocycles. The van der Waals surface area contributed by atoms with E-state index >= 15 is 0 Å². The molecule has 1 atom stereocenters. The number of hydrogen-bond donors (Lipinski definition) is 1. The van der Waals surface area contributed by atoms with Gasteiger partial charge in [-0.2, -0.15) is 0 Å². The molecule has 4 rings (SSSR count). The number of rotatable bonds is 5. The second-order valence-electron chi connectivity index (χ2n) is 8.61. The van der Waals surface area contributed by atoms with Crippen molar-refractivity contribution in [2.75, 3.05) is 4.72 Å². The summed E-state index contributed by atoms with van der Waals surface area (Å²) in [5.41, 5.74) is 1.48. The van der Waals surface area contributed by atoms with Crippen molar-refractivity contribution >= 4 is 21.6 Å². The van der Waals surface area contributed by atoms with Gasteiger partial charge in [0.05, 0.1) is 4.90 Å².